The van der Waals surface area contributed by atoms with E-state index in [4.69, 9.17) is 9.84 Å². The van der Waals surface area contributed by atoms with Crippen LogP contribution >= 0.6 is 0 Å². The minimum absolute atomic E-state index is 0.0121. The molecule has 0 aliphatic heterocycles. The maximum atomic E-state index is 12.8. The summed E-state index contributed by atoms with van der Waals surface area (Å²) in [5.74, 6) is -1.69. The summed E-state index contributed by atoms with van der Waals surface area (Å²) in [6.45, 7) is 12.1. The third-order valence-electron chi connectivity index (χ3n) is 5.20. The van der Waals surface area contributed by atoms with Gasteiger partial charge in [-0.15, -0.1) is 0 Å². The molecule has 0 aromatic heterocycles. The van der Waals surface area contributed by atoms with Crippen molar-refractivity contribution >= 4 is 17.8 Å². The quantitative estimate of drug-likeness (QED) is 0.420. The maximum Gasteiger partial charge on any atom is 0.307 e. The topological polar surface area (TPSA) is 104 Å². The van der Waals surface area contributed by atoms with Crippen molar-refractivity contribution < 1.29 is 29.6 Å². The molecule has 0 saturated heterocycles. The summed E-state index contributed by atoms with van der Waals surface area (Å²) in [5.41, 5.74) is 1.99. The van der Waals surface area contributed by atoms with Gasteiger partial charge < -0.3 is 20.1 Å². The van der Waals surface area contributed by atoms with Crippen LogP contribution < -0.4 is 4.74 Å². The summed E-state index contributed by atoms with van der Waals surface area (Å²) in [6.07, 6.45) is 2.65. The predicted octanol–water partition coefficient (Wildman–Crippen LogP) is 5.22. The highest BCUT2D eigenvalue weighted by Gasteiger charge is 2.26. The molecule has 0 saturated carbocycles. The fourth-order valence-corrected chi connectivity index (χ4v) is 3.50. The van der Waals surface area contributed by atoms with Gasteiger partial charge in [0.1, 0.15) is 5.75 Å². The number of carboxylic acid groups (broad SMARTS) is 1. The molecule has 6 heteroatoms. The summed E-state index contributed by atoms with van der Waals surface area (Å²) >= 11 is 0. The van der Waals surface area contributed by atoms with Crippen LogP contribution in [0.25, 0.3) is 6.08 Å². The van der Waals surface area contributed by atoms with Gasteiger partial charge in [0.25, 0.3) is 0 Å². The number of hydrogen-bond acceptors (Lipinski definition) is 5. The van der Waals surface area contributed by atoms with E-state index in [9.17, 15) is 19.8 Å². The molecule has 0 atom stereocenters. The number of aliphatic carboxylic acids is 1. The minimum atomic E-state index is -1.07. The smallest absolute Gasteiger partial charge is 0.307 e. The number of ether oxygens (including phenoxy) is 1. The molecular weight excluding hydrogens is 408 g/mol. The lowest BCUT2D eigenvalue weighted by molar-refractivity contribution is -0.136. The van der Waals surface area contributed by atoms with Crippen molar-refractivity contribution in [2.24, 2.45) is 0 Å². The first-order chi connectivity index (χ1) is 14.7. The zero-order valence-corrected chi connectivity index (χ0v) is 19.7. The number of phenols is 2. The third kappa shape index (κ3) is 5.49. The SMILES string of the molecule is COc1c(CC(=O)O)ccc(C(=O)C=Cc2cc(C(C)(C)C)c(O)c(C(C)(C)C)c2)c1O. The monoisotopic (exact) mass is 440 g/mol. The highest BCUT2D eigenvalue weighted by atomic mass is 16.5. The lowest BCUT2D eigenvalue weighted by atomic mass is 9.78. The second-order valence-corrected chi connectivity index (χ2v) is 9.89. The van der Waals surface area contributed by atoms with Crippen LogP contribution in [0.1, 0.15) is 74.2 Å². The predicted molar refractivity (Wildman–Crippen MR) is 125 cm³/mol. The van der Waals surface area contributed by atoms with E-state index < -0.39 is 17.5 Å². The lowest BCUT2D eigenvalue weighted by Gasteiger charge is -2.27. The molecule has 0 radical (unpaired) electrons. The molecule has 3 N–H and O–H groups in total. The van der Waals surface area contributed by atoms with Gasteiger partial charge in [-0.3, -0.25) is 9.59 Å². The van der Waals surface area contributed by atoms with E-state index >= 15 is 0 Å². The molecule has 2 aromatic rings. The summed E-state index contributed by atoms with van der Waals surface area (Å²) in [6, 6.07) is 6.56. The molecule has 0 aliphatic carbocycles. The highest BCUT2D eigenvalue weighted by Crippen LogP contribution is 2.40. The molecular formula is C26H32O6. The first kappa shape index (κ1) is 25.0. The fourth-order valence-electron chi connectivity index (χ4n) is 3.50. The molecule has 0 amide bonds. The standard InChI is InChI=1S/C26H32O6/c1-25(2,3)18-12-15(13-19(23(18)31)26(4,5)6)8-11-20(27)17-10-9-16(14-21(28)29)24(32-7)22(17)30/h8-13,30-31H,14H2,1-7H3,(H,28,29). The minimum Gasteiger partial charge on any atom is -0.507 e. The molecule has 6 nitrogen and oxygen atoms in total. The van der Waals surface area contributed by atoms with Crippen LogP contribution in [-0.2, 0) is 22.0 Å². The molecule has 0 bridgehead atoms. The van der Waals surface area contributed by atoms with Gasteiger partial charge in [0.15, 0.2) is 17.3 Å². The zero-order chi connectivity index (χ0) is 24.4. The van der Waals surface area contributed by atoms with Crippen molar-refractivity contribution in [1.82, 2.24) is 0 Å². The molecule has 32 heavy (non-hydrogen) atoms. The Kier molecular flexibility index (Phi) is 7.08. The number of allylic oxidation sites excluding steroid dienone is 1. The summed E-state index contributed by atoms with van der Waals surface area (Å²) in [4.78, 5) is 23.8. The average Bonchev–Trinajstić information content (AvgIpc) is 2.65. The third-order valence-corrected chi connectivity index (χ3v) is 5.20. The van der Waals surface area contributed by atoms with Crippen molar-refractivity contribution in [3.05, 3.63) is 58.2 Å². The van der Waals surface area contributed by atoms with Gasteiger partial charge in [0, 0.05) is 16.7 Å². The Morgan fingerprint density at radius 3 is 1.91 bits per heavy atom. The highest BCUT2D eigenvalue weighted by molar-refractivity contribution is 6.09. The Morgan fingerprint density at radius 1 is 0.938 bits per heavy atom. The van der Waals surface area contributed by atoms with Crippen molar-refractivity contribution in [2.75, 3.05) is 7.11 Å². The molecule has 172 valence electrons. The van der Waals surface area contributed by atoms with Gasteiger partial charge >= 0.3 is 5.97 Å². The van der Waals surface area contributed by atoms with E-state index in [1.807, 2.05) is 53.7 Å². The number of carboxylic acids is 1. The van der Waals surface area contributed by atoms with Crippen LogP contribution in [0.4, 0.5) is 0 Å². The van der Waals surface area contributed by atoms with Crippen LogP contribution in [0.2, 0.25) is 0 Å². The second kappa shape index (κ2) is 9.07. The number of methoxy groups -OCH3 is 1. The van der Waals surface area contributed by atoms with Crippen LogP contribution in [0, 0.1) is 0 Å². The van der Waals surface area contributed by atoms with Gasteiger partial charge in [-0.2, -0.15) is 0 Å². The average molecular weight is 441 g/mol. The van der Waals surface area contributed by atoms with Crippen molar-refractivity contribution in [2.45, 2.75) is 58.8 Å². The number of ketones is 1. The molecule has 0 fully saturated rings. The molecule has 0 heterocycles. The molecule has 2 aromatic carbocycles. The Hall–Kier alpha value is -3.28. The number of hydrogen-bond donors (Lipinski definition) is 3. The Balaban J connectivity index is 2.50. The second-order valence-electron chi connectivity index (χ2n) is 9.89. The number of rotatable bonds is 6. The van der Waals surface area contributed by atoms with Gasteiger partial charge in [0.2, 0.25) is 0 Å². The molecule has 0 unspecified atom stereocenters. The van der Waals surface area contributed by atoms with E-state index in [1.165, 1.54) is 25.3 Å². The van der Waals surface area contributed by atoms with Crippen molar-refractivity contribution in [1.29, 1.82) is 0 Å². The van der Waals surface area contributed by atoms with Crippen molar-refractivity contribution in [3.63, 3.8) is 0 Å². The number of phenolic OH excluding ortho intramolecular Hbond substituents is 2. The largest absolute Gasteiger partial charge is 0.507 e. The summed E-state index contributed by atoms with van der Waals surface area (Å²) in [7, 11) is 1.31. The number of benzene rings is 2. The lowest BCUT2D eigenvalue weighted by Crippen LogP contribution is -2.17. The van der Waals surface area contributed by atoms with E-state index in [0.29, 0.717) is 0 Å². The Labute approximate surface area is 189 Å². The Morgan fingerprint density at radius 2 is 1.47 bits per heavy atom. The van der Waals surface area contributed by atoms with E-state index in [0.717, 1.165) is 16.7 Å². The molecule has 0 spiro atoms. The maximum absolute atomic E-state index is 12.8. The van der Waals surface area contributed by atoms with Gasteiger partial charge in [-0.1, -0.05) is 53.7 Å². The van der Waals surface area contributed by atoms with E-state index in [-0.39, 0.29) is 39.9 Å². The fraction of sp³-hybridized carbons (Fsp3) is 0.385. The van der Waals surface area contributed by atoms with E-state index in [2.05, 4.69) is 0 Å². The first-order valence-electron chi connectivity index (χ1n) is 10.4. The van der Waals surface area contributed by atoms with Crippen LogP contribution in [0.15, 0.2) is 30.3 Å². The number of aromatic hydroxyl groups is 2. The molecule has 2 rings (SSSR count). The zero-order valence-electron chi connectivity index (χ0n) is 19.7. The summed E-state index contributed by atoms with van der Waals surface area (Å²) < 4.78 is 5.13. The van der Waals surface area contributed by atoms with Crippen molar-refractivity contribution in [3.8, 4) is 17.2 Å². The van der Waals surface area contributed by atoms with Gasteiger partial charge in [-0.25, -0.2) is 0 Å². The molecule has 0 aliphatic rings. The normalized spacial score (nSPS) is 12.2. The van der Waals surface area contributed by atoms with Gasteiger partial charge in [0.05, 0.1) is 19.1 Å². The first-order valence-corrected chi connectivity index (χ1v) is 10.4. The van der Waals surface area contributed by atoms with Crippen LogP contribution in [0.5, 0.6) is 17.2 Å². The van der Waals surface area contributed by atoms with Gasteiger partial charge in [-0.05, 0) is 40.7 Å². The van der Waals surface area contributed by atoms with Crippen LogP contribution in [-0.4, -0.2) is 34.2 Å². The Bertz CT molecular complexity index is 1030. The summed E-state index contributed by atoms with van der Waals surface area (Å²) in [5, 5.41) is 30.3. The van der Waals surface area contributed by atoms with Crippen LogP contribution in [0.3, 0.4) is 0 Å². The van der Waals surface area contributed by atoms with E-state index in [1.54, 1.807) is 6.08 Å². The number of carbonyl (C=O) groups is 2. The number of carbonyl (C=O) groups excluding carboxylic acids is 1.